The van der Waals surface area contributed by atoms with Gasteiger partial charge in [0.1, 0.15) is 0 Å². The number of carbonyl (C=O) groups is 1. The zero-order valence-corrected chi connectivity index (χ0v) is 10.00. The van der Waals surface area contributed by atoms with Crippen LogP contribution in [0.4, 0.5) is 5.69 Å². The number of nitrogens with zero attached hydrogens (tertiary/aromatic N) is 1. The van der Waals surface area contributed by atoms with E-state index in [0.29, 0.717) is 16.8 Å². The Labute approximate surface area is 105 Å². The lowest BCUT2D eigenvalue weighted by molar-refractivity contribution is 0.102. The van der Waals surface area contributed by atoms with Crippen molar-refractivity contribution in [2.75, 3.05) is 5.32 Å². The van der Waals surface area contributed by atoms with E-state index in [0.717, 1.165) is 0 Å². The SMILES string of the molecule is CC(O)c1ccccc1NC(=O)c1cccnc1. The highest BCUT2D eigenvalue weighted by atomic mass is 16.3. The van der Waals surface area contributed by atoms with Crippen LogP contribution in [-0.2, 0) is 0 Å². The van der Waals surface area contributed by atoms with Crippen LogP contribution in [0, 0.1) is 0 Å². The number of nitrogens with one attached hydrogen (secondary N) is 1. The Morgan fingerprint density at radius 1 is 1.28 bits per heavy atom. The summed E-state index contributed by atoms with van der Waals surface area (Å²) in [6, 6.07) is 10.6. The molecule has 1 aromatic heterocycles. The van der Waals surface area contributed by atoms with Crippen LogP contribution >= 0.6 is 0 Å². The standard InChI is InChI=1S/C14H14N2O2/c1-10(17)12-6-2-3-7-13(12)16-14(18)11-5-4-8-15-9-11/h2-10,17H,1H3,(H,16,18). The molecule has 0 fully saturated rings. The molecule has 2 rings (SSSR count). The minimum Gasteiger partial charge on any atom is -0.389 e. The second-order valence-electron chi connectivity index (χ2n) is 3.96. The first-order chi connectivity index (χ1) is 8.68. The fraction of sp³-hybridized carbons (Fsp3) is 0.143. The molecule has 0 radical (unpaired) electrons. The Morgan fingerprint density at radius 3 is 2.72 bits per heavy atom. The lowest BCUT2D eigenvalue weighted by Crippen LogP contribution is -2.14. The Hall–Kier alpha value is -2.20. The van der Waals surface area contributed by atoms with Gasteiger partial charge in [0.2, 0.25) is 0 Å². The summed E-state index contributed by atoms with van der Waals surface area (Å²) in [5, 5.41) is 12.4. The van der Waals surface area contributed by atoms with Crippen LogP contribution in [0.2, 0.25) is 0 Å². The summed E-state index contributed by atoms with van der Waals surface area (Å²) in [5.41, 5.74) is 1.79. The van der Waals surface area contributed by atoms with E-state index in [1.165, 1.54) is 6.20 Å². The average Bonchev–Trinajstić information content (AvgIpc) is 2.40. The number of anilines is 1. The Morgan fingerprint density at radius 2 is 2.06 bits per heavy atom. The third kappa shape index (κ3) is 2.73. The maximum absolute atomic E-state index is 12.0. The first-order valence-corrected chi connectivity index (χ1v) is 5.67. The molecule has 0 bridgehead atoms. The van der Waals surface area contributed by atoms with E-state index in [1.807, 2.05) is 12.1 Å². The number of hydrogen-bond donors (Lipinski definition) is 2. The molecule has 1 aromatic carbocycles. The minimum absolute atomic E-state index is 0.240. The number of aliphatic hydroxyl groups is 1. The minimum atomic E-state index is -0.629. The molecule has 4 nitrogen and oxygen atoms in total. The number of rotatable bonds is 3. The molecule has 1 unspecified atom stereocenters. The molecule has 18 heavy (non-hydrogen) atoms. The highest BCUT2D eigenvalue weighted by molar-refractivity contribution is 6.04. The van der Waals surface area contributed by atoms with Crippen molar-refractivity contribution in [2.45, 2.75) is 13.0 Å². The first kappa shape index (κ1) is 12.3. The molecule has 1 heterocycles. The summed E-state index contributed by atoms with van der Waals surface area (Å²) in [6.45, 7) is 1.66. The van der Waals surface area contributed by atoms with Crippen molar-refractivity contribution < 1.29 is 9.90 Å². The van der Waals surface area contributed by atoms with E-state index in [4.69, 9.17) is 0 Å². The largest absolute Gasteiger partial charge is 0.389 e. The van der Waals surface area contributed by atoms with Crippen LogP contribution in [0.15, 0.2) is 48.8 Å². The monoisotopic (exact) mass is 242 g/mol. The van der Waals surface area contributed by atoms with Crippen molar-refractivity contribution in [3.63, 3.8) is 0 Å². The van der Waals surface area contributed by atoms with E-state index in [1.54, 1.807) is 37.4 Å². The lowest BCUT2D eigenvalue weighted by atomic mass is 10.1. The van der Waals surface area contributed by atoms with Gasteiger partial charge < -0.3 is 10.4 Å². The van der Waals surface area contributed by atoms with E-state index in [2.05, 4.69) is 10.3 Å². The number of aromatic nitrogens is 1. The van der Waals surface area contributed by atoms with Crippen molar-refractivity contribution >= 4 is 11.6 Å². The zero-order valence-electron chi connectivity index (χ0n) is 10.00. The van der Waals surface area contributed by atoms with Gasteiger partial charge in [-0.1, -0.05) is 18.2 Å². The van der Waals surface area contributed by atoms with Crippen LogP contribution in [0.1, 0.15) is 28.9 Å². The summed E-state index contributed by atoms with van der Waals surface area (Å²) in [7, 11) is 0. The summed E-state index contributed by atoms with van der Waals surface area (Å²) in [5.74, 6) is -0.240. The van der Waals surface area contributed by atoms with Gasteiger partial charge in [-0.25, -0.2) is 0 Å². The van der Waals surface area contributed by atoms with Crippen LogP contribution in [-0.4, -0.2) is 16.0 Å². The second-order valence-corrected chi connectivity index (χ2v) is 3.96. The smallest absolute Gasteiger partial charge is 0.257 e. The Balaban J connectivity index is 2.22. The topological polar surface area (TPSA) is 62.2 Å². The number of amides is 1. The molecule has 0 saturated heterocycles. The van der Waals surface area contributed by atoms with Crippen LogP contribution < -0.4 is 5.32 Å². The van der Waals surface area contributed by atoms with Gasteiger partial charge in [0.25, 0.3) is 5.91 Å². The van der Waals surface area contributed by atoms with Gasteiger partial charge in [-0.3, -0.25) is 9.78 Å². The molecule has 1 atom stereocenters. The van der Waals surface area contributed by atoms with Gasteiger partial charge in [0, 0.05) is 23.6 Å². The Kier molecular flexibility index (Phi) is 3.69. The summed E-state index contributed by atoms with van der Waals surface area (Å²) in [6.07, 6.45) is 2.48. The third-order valence-corrected chi connectivity index (χ3v) is 2.58. The van der Waals surface area contributed by atoms with Crippen LogP contribution in [0.5, 0.6) is 0 Å². The van der Waals surface area contributed by atoms with Crippen molar-refractivity contribution in [1.82, 2.24) is 4.98 Å². The number of aliphatic hydroxyl groups excluding tert-OH is 1. The van der Waals surface area contributed by atoms with Crippen LogP contribution in [0.25, 0.3) is 0 Å². The summed E-state index contributed by atoms with van der Waals surface area (Å²) in [4.78, 5) is 15.9. The maximum Gasteiger partial charge on any atom is 0.257 e. The molecule has 2 N–H and O–H groups in total. The zero-order chi connectivity index (χ0) is 13.0. The van der Waals surface area contributed by atoms with E-state index in [-0.39, 0.29) is 5.91 Å². The van der Waals surface area contributed by atoms with Gasteiger partial charge in [0.15, 0.2) is 0 Å². The fourth-order valence-electron chi connectivity index (χ4n) is 1.67. The molecule has 0 aliphatic carbocycles. The highest BCUT2D eigenvalue weighted by Crippen LogP contribution is 2.22. The average molecular weight is 242 g/mol. The molecule has 1 amide bonds. The van der Waals surface area contributed by atoms with E-state index in [9.17, 15) is 9.90 Å². The highest BCUT2D eigenvalue weighted by Gasteiger charge is 2.11. The molecular formula is C14H14N2O2. The molecular weight excluding hydrogens is 228 g/mol. The molecule has 2 aromatic rings. The lowest BCUT2D eigenvalue weighted by Gasteiger charge is -2.12. The van der Waals surface area contributed by atoms with Crippen molar-refractivity contribution in [3.8, 4) is 0 Å². The predicted octanol–water partition coefficient (Wildman–Crippen LogP) is 2.39. The van der Waals surface area contributed by atoms with Crippen molar-refractivity contribution in [2.24, 2.45) is 0 Å². The predicted molar refractivity (Wildman–Crippen MR) is 69.3 cm³/mol. The van der Waals surface area contributed by atoms with Crippen molar-refractivity contribution in [3.05, 3.63) is 59.9 Å². The number of pyridine rings is 1. The van der Waals surface area contributed by atoms with Gasteiger partial charge >= 0.3 is 0 Å². The Bertz CT molecular complexity index is 539. The van der Waals surface area contributed by atoms with Gasteiger partial charge in [0.05, 0.1) is 11.7 Å². The molecule has 4 heteroatoms. The molecule has 0 saturated carbocycles. The molecule has 0 spiro atoms. The molecule has 92 valence electrons. The van der Waals surface area contributed by atoms with Gasteiger partial charge in [-0.05, 0) is 25.1 Å². The van der Waals surface area contributed by atoms with Gasteiger partial charge in [-0.2, -0.15) is 0 Å². The van der Waals surface area contributed by atoms with Gasteiger partial charge in [-0.15, -0.1) is 0 Å². The maximum atomic E-state index is 12.0. The normalized spacial score (nSPS) is 11.9. The number of benzene rings is 1. The number of carbonyl (C=O) groups excluding carboxylic acids is 1. The summed E-state index contributed by atoms with van der Waals surface area (Å²) < 4.78 is 0. The van der Waals surface area contributed by atoms with Crippen molar-refractivity contribution in [1.29, 1.82) is 0 Å². The van der Waals surface area contributed by atoms with E-state index >= 15 is 0 Å². The molecule has 0 aliphatic rings. The van der Waals surface area contributed by atoms with Crippen LogP contribution in [0.3, 0.4) is 0 Å². The number of hydrogen-bond acceptors (Lipinski definition) is 3. The third-order valence-electron chi connectivity index (χ3n) is 2.58. The summed E-state index contributed by atoms with van der Waals surface area (Å²) >= 11 is 0. The molecule has 0 aliphatic heterocycles. The second kappa shape index (κ2) is 5.42. The quantitative estimate of drug-likeness (QED) is 0.868. The van der Waals surface area contributed by atoms with E-state index < -0.39 is 6.10 Å². The fourth-order valence-corrected chi connectivity index (χ4v) is 1.67. The first-order valence-electron chi connectivity index (χ1n) is 5.67. The number of para-hydroxylation sites is 1.